The van der Waals surface area contributed by atoms with E-state index in [1.807, 2.05) is 60.7 Å². The monoisotopic (exact) mass is 460 g/mol. The highest BCUT2D eigenvalue weighted by Crippen LogP contribution is 2.34. The molecular formula is C25H24N4O3S. The summed E-state index contributed by atoms with van der Waals surface area (Å²) in [6.45, 7) is 0. The van der Waals surface area contributed by atoms with Crippen LogP contribution in [0.4, 0.5) is 5.82 Å². The number of anilines is 1. The lowest BCUT2D eigenvalue weighted by Crippen LogP contribution is -2.13. The van der Waals surface area contributed by atoms with Crippen molar-refractivity contribution in [2.45, 2.75) is 11.6 Å². The van der Waals surface area contributed by atoms with Gasteiger partial charge >= 0.3 is 0 Å². The quantitative estimate of drug-likeness (QED) is 0.331. The number of hydrogen-bond acceptors (Lipinski definition) is 6. The van der Waals surface area contributed by atoms with Gasteiger partial charge in [0.15, 0.2) is 5.16 Å². The molecule has 4 aromatic rings. The molecule has 0 saturated carbocycles. The summed E-state index contributed by atoms with van der Waals surface area (Å²) in [5, 5.41) is 3.55. The van der Waals surface area contributed by atoms with Crippen molar-refractivity contribution >= 4 is 23.5 Å². The van der Waals surface area contributed by atoms with E-state index in [-0.39, 0.29) is 5.91 Å². The molecule has 0 aliphatic carbocycles. The average Bonchev–Trinajstić information content (AvgIpc) is 3.29. The van der Waals surface area contributed by atoms with E-state index in [4.69, 9.17) is 14.5 Å². The Labute approximate surface area is 196 Å². The number of imidazole rings is 1. The lowest BCUT2D eigenvalue weighted by atomic mass is 10.0. The molecule has 2 aromatic carbocycles. The average molecular weight is 461 g/mol. The van der Waals surface area contributed by atoms with Crippen molar-refractivity contribution in [3.8, 4) is 34.0 Å². The molecule has 0 aliphatic rings. The van der Waals surface area contributed by atoms with E-state index in [9.17, 15) is 4.79 Å². The van der Waals surface area contributed by atoms with Crippen LogP contribution < -0.4 is 14.8 Å². The lowest BCUT2D eigenvalue weighted by Gasteiger charge is -2.06. The van der Waals surface area contributed by atoms with Gasteiger partial charge in [0, 0.05) is 29.5 Å². The number of rotatable bonds is 9. The number of aromatic amines is 1. The van der Waals surface area contributed by atoms with Gasteiger partial charge in [0.05, 0.1) is 25.6 Å². The van der Waals surface area contributed by atoms with Crippen LogP contribution in [0.5, 0.6) is 11.5 Å². The molecule has 0 saturated heterocycles. The Bertz CT molecular complexity index is 1130. The van der Waals surface area contributed by atoms with E-state index in [2.05, 4.69) is 15.3 Å². The molecule has 0 radical (unpaired) electrons. The standard InChI is InChI=1S/C25H24N4O3S/c1-31-19-10-6-17(7-11-19)23-24(18-8-12-20(32-2)13-9-18)29-25(28-23)33-16-14-22(30)27-21-5-3-4-15-26-21/h3-13,15H,14,16H2,1-2H3,(H,28,29)(H,26,27,30). The van der Waals surface area contributed by atoms with Crippen molar-refractivity contribution in [3.05, 3.63) is 72.9 Å². The third-order valence-corrected chi connectivity index (χ3v) is 5.80. The minimum atomic E-state index is -0.0847. The van der Waals surface area contributed by atoms with Gasteiger partial charge in [-0.3, -0.25) is 4.79 Å². The Kier molecular flexibility index (Phi) is 7.26. The summed E-state index contributed by atoms with van der Waals surface area (Å²) in [6.07, 6.45) is 1.99. The van der Waals surface area contributed by atoms with E-state index in [0.717, 1.165) is 39.2 Å². The lowest BCUT2D eigenvalue weighted by molar-refractivity contribution is -0.115. The van der Waals surface area contributed by atoms with Crippen LogP contribution >= 0.6 is 11.8 Å². The van der Waals surface area contributed by atoms with Gasteiger partial charge in [-0.05, 0) is 60.7 Å². The number of H-pyrrole nitrogens is 1. The van der Waals surface area contributed by atoms with Crippen molar-refractivity contribution in [2.24, 2.45) is 0 Å². The number of methoxy groups -OCH3 is 2. The Morgan fingerprint density at radius 1 is 0.939 bits per heavy atom. The number of carbonyl (C=O) groups is 1. The Morgan fingerprint density at radius 2 is 1.61 bits per heavy atom. The number of thioether (sulfide) groups is 1. The molecule has 0 atom stereocenters. The number of hydrogen-bond donors (Lipinski definition) is 2. The van der Waals surface area contributed by atoms with Crippen LogP contribution in [0.3, 0.4) is 0 Å². The van der Waals surface area contributed by atoms with Crippen LogP contribution in [0.15, 0.2) is 78.1 Å². The Hall–Kier alpha value is -3.78. The number of benzene rings is 2. The molecule has 2 heterocycles. The van der Waals surface area contributed by atoms with Gasteiger partial charge in [-0.15, -0.1) is 0 Å². The number of pyridine rings is 1. The molecule has 2 N–H and O–H groups in total. The first kappa shape index (κ1) is 22.4. The van der Waals surface area contributed by atoms with Gasteiger partial charge in [0.2, 0.25) is 5.91 Å². The molecular weight excluding hydrogens is 436 g/mol. The van der Waals surface area contributed by atoms with E-state index in [0.29, 0.717) is 18.0 Å². The molecule has 2 aromatic heterocycles. The third kappa shape index (κ3) is 5.72. The number of aromatic nitrogens is 3. The van der Waals surface area contributed by atoms with Gasteiger partial charge < -0.3 is 19.8 Å². The molecule has 0 fully saturated rings. The maximum atomic E-state index is 12.2. The van der Waals surface area contributed by atoms with Crippen molar-refractivity contribution in [1.29, 1.82) is 0 Å². The largest absolute Gasteiger partial charge is 0.497 e. The summed E-state index contributed by atoms with van der Waals surface area (Å²) in [6, 6.07) is 21.0. The molecule has 8 heteroatoms. The Morgan fingerprint density at radius 3 is 2.21 bits per heavy atom. The van der Waals surface area contributed by atoms with Crippen LogP contribution in [-0.4, -0.2) is 40.8 Å². The van der Waals surface area contributed by atoms with E-state index >= 15 is 0 Å². The molecule has 0 aliphatic heterocycles. The highest BCUT2D eigenvalue weighted by Gasteiger charge is 2.15. The van der Waals surface area contributed by atoms with Crippen LogP contribution in [0.25, 0.3) is 22.5 Å². The number of ether oxygens (including phenoxy) is 2. The summed E-state index contributed by atoms with van der Waals surface area (Å²) in [4.78, 5) is 24.6. The highest BCUT2D eigenvalue weighted by atomic mass is 32.2. The molecule has 33 heavy (non-hydrogen) atoms. The second-order valence-electron chi connectivity index (χ2n) is 7.08. The fourth-order valence-electron chi connectivity index (χ4n) is 3.23. The van der Waals surface area contributed by atoms with Crippen molar-refractivity contribution < 1.29 is 14.3 Å². The normalized spacial score (nSPS) is 10.6. The molecule has 0 bridgehead atoms. The van der Waals surface area contributed by atoms with Crippen LogP contribution in [0.1, 0.15) is 6.42 Å². The maximum absolute atomic E-state index is 12.2. The molecule has 1 amide bonds. The van der Waals surface area contributed by atoms with Crippen LogP contribution in [0.2, 0.25) is 0 Å². The fourth-order valence-corrected chi connectivity index (χ4v) is 4.04. The van der Waals surface area contributed by atoms with E-state index in [1.54, 1.807) is 26.5 Å². The molecule has 0 unspecified atom stereocenters. The summed E-state index contributed by atoms with van der Waals surface area (Å²) in [7, 11) is 3.29. The summed E-state index contributed by atoms with van der Waals surface area (Å²) in [5.74, 6) is 2.62. The fraction of sp³-hybridized carbons (Fsp3) is 0.160. The number of amides is 1. The topological polar surface area (TPSA) is 89.1 Å². The smallest absolute Gasteiger partial charge is 0.226 e. The number of carbonyl (C=O) groups excluding carboxylic acids is 1. The van der Waals surface area contributed by atoms with Crippen molar-refractivity contribution in [1.82, 2.24) is 15.0 Å². The van der Waals surface area contributed by atoms with Gasteiger partial charge in [-0.2, -0.15) is 0 Å². The molecule has 168 valence electrons. The zero-order valence-corrected chi connectivity index (χ0v) is 19.2. The first-order valence-corrected chi connectivity index (χ1v) is 11.4. The Balaban J connectivity index is 1.51. The second kappa shape index (κ2) is 10.7. The SMILES string of the molecule is COc1ccc(-c2nc(SCCC(=O)Nc3ccccn3)[nH]c2-c2ccc(OC)cc2)cc1. The summed E-state index contributed by atoms with van der Waals surface area (Å²) in [5.41, 5.74) is 3.71. The number of nitrogens with zero attached hydrogens (tertiary/aromatic N) is 2. The van der Waals surface area contributed by atoms with Crippen LogP contribution in [-0.2, 0) is 4.79 Å². The zero-order valence-electron chi connectivity index (χ0n) is 18.4. The molecule has 7 nitrogen and oxygen atoms in total. The van der Waals surface area contributed by atoms with E-state index in [1.165, 1.54) is 11.8 Å². The zero-order chi connectivity index (χ0) is 23.0. The van der Waals surface area contributed by atoms with Gasteiger partial charge in [0.1, 0.15) is 17.3 Å². The second-order valence-corrected chi connectivity index (χ2v) is 8.17. The maximum Gasteiger partial charge on any atom is 0.226 e. The number of nitrogens with one attached hydrogen (secondary N) is 2. The van der Waals surface area contributed by atoms with E-state index < -0.39 is 0 Å². The van der Waals surface area contributed by atoms with Crippen molar-refractivity contribution in [2.75, 3.05) is 25.3 Å². The minimum absolute atomic E-state index is 0.0847. The first-order valence-electron chi connectivity index (χ1n) is 10.4. The third-order valence-electron chi connectivity index (χ3n) is 4.92. The van der Waals surface area contributed by atoms with Gasteiger partial charge in [-0.25, -0.2) is 9.97 Å². The van der Waals surface area contributed by atoms with Gasteiger partial charge in [0.25, 0.3) is 0 Å². The molecule has 4 rings (SSSR count). The summed E-state index contributed by atoms with van der Waals surface area (Å²) < 4.78 is 10.6. The van der Waals surface area contributed by atoms with Crippen molar-refractivity contribution in [3.63, 3.8) is 0 Å². The van der Waals surface area contributed by atoms with Gasteiger partial charge in [-0.1, -0.05) is 17.8 Å². The minimum Gasteiger partial charge on any atom is -0.497 e. The van der Waals surface area contributed by atoms with Crippen LogP contribution in [0, 0.1) is 0 Å². The first-order chi connectivity index (χ1) is 16.2. The summed E-state index contributed by atoms with van der Waals surface area (Å²) >= 11 is 1.50. The predicted molar refractivity (Wildman–Crippen MR) is 131 cm³/mol. The highest BCUT2D eigenvalue weighted by molar-refractivity contribution is 7.99. The molecule has 0 spiro atoms. The predicted octanol–water partition coefficient (Wildman–Crippen LogP) is 5.28.